The first-order valence-electron chi connectivity index (χ1n) is 12.4. The third kappa shape index (κ3) is 9.60. The number of halogens is 1. The molecule has 39 heavy (non-hydrogen) atoms. The fraction of sp³-hybridized carbons (Fsp3) is 0.276. The number of hydrogen-bond acceptors (Lipinski definition) is 7. The SMILES string of the molecule is COc1ccc(C=NNC(=O)c2cc(Br)ccc2NC(=O)c2ccc(CN(CC(C)O)CC(C)O)cc2)cc1. The van der Waals surface area contributed by atoms with Gasteiger partial charge in [0, 0.05) is 29.7 Å². The number of carbonyl (C=O) groups excluding carboxylic acids is 2. The smallest absolute Gasteiger partial charge is 0.273 e. The second-order valence-corrected chi connectivity index (χ2v) is 10.1. The van der Waals surface area contributed by atoms with E-state index in [9.17, 15) is 19.8 Å². The van der Waals surface area contributed by atoms with Crippen LogP contribution in [0.2, 0.25) is 0 Å². The molecule has 3 aromatic rings. The predicted octanol–water partition coefficient (Wildman–Crippen LogP) is 4.04. The van der Waals surface area contributed by atoms with Crippen molar-refractivity contribution in [2.75, 3.05) is 25.5 Å². The molecule has 0 aliphatic carbocycles. The molecule has 3 rings (SSSR count). The van der Waals surface area contributed by atoms with E-state index < -0.39 is 18.1 Å². The van der Waals surface area contributed by atoms with Gasteiger partial charge < -0.3 is 20.3 Å². The Morgan fingerprint density at radius 2 is 1.62 bits per heavy atom. The summed E-state index contributed by atoms with van der Waals surface area (Å²) in [6.07, 6.45) is 0.456. The van der Waals surface area contributed by atoms with Crippen molar-refractivity contribution in [2.24, 2.45) is 5.10 Å². The average Bonchev–Trinajstić information content (AvgIpc) is 2.89. The van der Waals surface area contributed by atoms with Crippen LogP contribution in [0, 0.1) is 0 Å². The van der Waals surface area contributed by atoms with Crippen molar-refractivity contribution >= 4 is 39.6 Å². The standard InChI is InChI=1S/C29H33BrN4O5/c1-19(35)16-34(17-20(2)36)18-22-4-8-23(9-5-22)28(37)32-27-13-10-24(30)14-26(27)29(38)33-31-15-21-6-11-25(39-3)12-7-21/h4-15,19-20,35-36H,16-18H2,1-3H3,(H,32,37)(H,33,38). The maximum absolute atomic E-state index is 13.0. The number of nitrogens with zero attached hydrogens (tertiary/aromatic N) is 2. The van der Waals surface area contributed by atoms with E-state index in [4.69, 9.17) is 4.74 Å². The Bertz CT molecular complexity index is 1270. The number of nitrogens with one attached hydrogen (secondary N) is 2. The number of aliphatic hydroxyl groups is 2. The lowest BCUT2D eigenvalue weighted by Crippen LogP contribution is -2.35. The van der Waals surface area contributed by atoms with Crippen LogP contribution >= 0.6 is 15.9 Å². The van der Waals surface area contributed by atoms with Crippen molar-refractivity contribution in [3.05, 3.63) is 93.5 Å². The van der Waals surface area contributed by atoms with Crippen LogP contribution in [0.25, 0.3) is 0 Å². The topological polar surface area (TPSA) is 123 Å². The lowest BCUT2D eigenvalue weighted by Gasteiger charge is -2.25. The Hall–Kier alpha value is -3.57. The van der Waals surface area contributed by atoms with Crippen LogP contribution in [0.1, 0.15) is 45.7 Å². The molecule has 0 spiro atoms. The summed E-state index contributed by atoms with van der Waals surface area (Å²) >= 11 is 3.37. The fourth-order valence-corrected chi connectivity index (χ4v) is 4.26. The number of carbonyl (C=O) groups is 2. The quantitative estimate of drug-likeness (QED) is 0.185. The van der Waals surface area contributed by atoms with Crippen LogP contribution in [-0.2, 0) is 6.54 Å². The van der Waals surface area contributed by atoms with E-state index >= 15 is 0 Å². The molecular weight excluding hydrogens is 564 g/mol. The van der Waals surface area contributed by atoms with Gasteiger partial charge in [0.1, 0.15) is 5.75 Å². The number of ether oxygens (including phenoxy) is 1. The summed E-state index contributed by atoms with van der Waals surface area (Å²) in [5.74, 6) is -0.137. The number of aliphatic hydroxyl groups excluding tert-OH is 2. The second kappa shape index (κ2) is 14.5. The van der Waals surface area contributed by atoms with Crippen molar-refractivity contribution in [1.82, 2.24) is 10.3 Å². The van der Waals surface area contributed by atoms with Gasteiger partial charge in [-0.15, -0.1) is 0 Å². The minimum atomic E-state index is -0.528. The highest BCUT2D eigenvalue weighted by molar-refractivity contribution is 9.10. The highest BCUT2D eigenvalue weighted by Gasteiger charge is 2.16. The van der Waals surface area contributed by atoms with Gasteiger partial charge >= 0.3 is 0 Å². The maximum Gasteiger partial charge on any atom is 0.273 e. The Morgan fingerprint density at radius 1 is 0.974 bits per heavy atom. The molecule has 9 nitrogen and oxygen atoms in total. The molecule has 0 aliphatic rings. The number of hydrogen-bond donors (Lipinski definition) is 4. The second-order valence-electron chi connectivity index (χ2n) is 9.21. The first kappa shape index (κ1) is 30.0. The van der Waals surface area contributed by atoms with Gasteiger partial charge in [0.15, 0.2) is 0 Å². The predicted molar refractivity (Wildman–Crippen MR) is 155 cm³/mol. The zero-order valence-electron chi connectivity index (χ0n) is 22.1. The average molecular weight is 598 g/mol. The third-order valence-electron chi connectivity index (χ3n) is 5.64. The van der Waals surface area contributed by atoms with E-state index in [1.807, 2.05) is 29.2 Å². The van der Waals surface area contributed by atoms with Gasteiger partial charge in [-0.1, -0.05) is 28.1 Å². The number of methoxy groups -OCH3 is 1. The molecule has 3 aromatic carbocycles. The van der Waals surface area contributed by atoms with E-state index in [2.05, 4.69) is 31.8 Å². The molecule has 0 heterocycles. The zero-order chi connectivity index (χ0) is 28.4. The van der Waals surface area contributed by atoms with Gasteiger partial charge in [-0.05, 0) is 79.6 Å². The molecule has 2 unspecified atom stereocenters. The molecule has 0 saturated heterocycles. The van der Waals surface area contributed by atoms with Crippen LogP contribution in [0.4, 0.5) is 5.69 Å². The number of amides is 2. The molecule has 0 radical (unpaired) electrons. The summed E-state index contributed by atoms with van der Waals surface area (Å²) in [6, 6.07) is 19.2. The van der Waals surface area contributed by atoms with E-state index in [-0.39, 0.29) is 11.5 Å². The Labute approximate surface area is 236 Å². The molecule has 0 aliphatic heterocycles. The van der Waals surface area contributed by atoms with Crippen molar-refractivity contribution < 1.29 is 24.5 Å². The lowest BCUT2D eigenvalue weighted by atomic mass is 10.1. The monoisotopic (exact) mass is 596 g/mol. The molecular formula is C29H33BrN4O5. The highest BCUT2D eigenvalue weighted by Crippen LogP contribution is 2.22. The van der Waals surface area contributed by atoms with E-state index in [0.29, 0.717) is 35.4 Å². The highest BCUT2D eigenvalue weighted by atomic mass is 79.9. The number of anilines is 1. The Kier molecular flexibility index (Phi) is 11.2. The molecule has 0 bridgehead atoms. The van der Waals surface area contributed by atoms with Crippen LogP contribution in [0.5, 0.6) is 5.75 Å². The number of benzene rings is 3. The minimum absolute atomic E-state index is 0.244. The van der Waals surface area contributed by atoms with E-state index in [1.165, 1.54) is 6.21 Å². The van der Waals surface area contributed by atoms with Gasteiger partial charge in [0.05, 0.1) is 36.8 Å². The first-order valence-corrected chi connectivity index (χ1v) is 13.2. The number of rotatable bonds is 12. The van der Waals surface area contributed by atoms with Gasteiger partial charge in [-0.3, -0.25) is 14.5 Å². The van der Waals surface area contributed by atoms with E-state index in [0.717, 1.165) is 16.9 Å². The zero-order valence-corrected chi connectivity index (χ0v) is 23.7. The Morgan fingerprint density at radius 3 is 2.21 bits per heavy atom. The van der Waals surface area contributed by atoms with Crippen LogP contribution in [0.3, 0.4) is 0 Å². The van der Waals surface area contributed by atoms with Crippen LogP contribution < -0.4 is 15.5 Å². The summed E-state index contributed by atoms with van der Waals surface area (Å²) in [6.45, 7) is 4.77. The molecule has 206 valence electrons. The lowest BCUT2D eigenvalue weighted by molar-refractivity contribution is 0.0794. The molecule has 0 saturated carbocycles. The van der Waals surface area contributed by atoms with Crippen molar-refractivity contribution in [2.45, 2.75) is 32.6 Å². The third-order valence-corrected chi connectivity index (χ3v) is 6.13. The molecule has 0 fully saturated rings. The van der Waals surface area contributed by atoms with Gasteiger partial charge in [0.25, 0.3) is 11.8 Å². The molecule has 10 heteroatoms. The number of hydrazone groups is 1. The van der Waals surface area contributed by atoms with Crippen molar-refractivity contribution in [3.8, 4) is 5.75 Å². The van der Waals surface area contributed by atoms with E-state index in [1.54, 1.807) is 63.4 Å². The molecule has 4 N–H and O–H groups in total. The Balaban J connectivity index is 1.67. The summed E-state index contributed by atoms with van der Waals surface area (Å²) in [4.78, 5) is 27.8. The van der Waals surface area contributed by atoms with Gasteiger partial charge in [0.2, 0.25) is 0 Å². The van der Waals surface area contributed by atoms with Crippen LogP contribution in [0.15, 0.2) is 76.3 Å². The summed E-state index contributed by atoms with van der Waals surface area (Å²) in [5, 5.41) is 26.3. The van der Waals surface area contributed by atoms with Gasteiger partial charge in [-0.25, -0.2) is 5.43 Å². The maximum atomic E-state index is 13.0. The van der Waals surface area contributed by atoms with Crippen molar-refractivity contribution in [1.29, 1.82) is 0 Å². The summed E-state index contributed by atoms with van der Waals surface area (Å²) in [7, 11) is 1.59. The van der Waals surface area contributed by atoms with Crippen LogP contribution in [-0.4, -0.2) is 65.5 Å². The molecule has 2 atom stereocenters. The van der Waals surface area contributed by atoms with Gasteiger partial charge in [-0.2, -0.15) is 5.10 Å². The largest absolute Gasteiger partial charge is 0.497 e. The normalized spacial score (nSPS) is 12.8. The summed E-state index contributed by atoms with van der Waals surface area (Å²) < 4.78 is 5.81. The minimum Gasteiger partial charge on any atom is -0.497 e. The summed E-state index contributed by atoms with van der Waals surface area (Å²) in [5.41, 5.74) is 5.21. The molecule has 2 amide bonds. The fourth-order valence-electron chi connectivity index (χ4n) is 3.89. The molecule has 0 aromatic heterocycles. The van der Waals surface area contributed by atoms with Crippen molar-refractivity contribution in [3.63, 3.8) is 0 Å². The first-order chi connectivity index (χ1) is 18.6.